The molecule has 0 aromatic carbocycles. The first-order chi connectivity index (χ1) is 8.08. The molecule has 3 aliphatic rings. The van der Waals surface area contributed by atoms with Crippen molar-refractivity contribution in [2.75, 3.05) is 0 Å². The molecule has 1 N–H and O–H groups in total. The normalized spacial score (nSPS) is 58.3. The van der Waals surface area contributed by atoms with Crippen LogP contribution in [-0.2, 0) is 4.74 Å². The lowest BCUT2D eigenvalue weighted by atomic mass is 9.48. The van der Waals surface area contributed by atoms with Crippen LogP contribution in [0.4, 0.5) is 0 Å². The molecule has 2 nitrogen and oxygen atoms in total. The minimum Gasteiger partial charge on any atom is -0.387 e. The van der Waals surface area contributed by atoms with E-state index in [1.807, 2.05) is 6.92 Å². The molecule has 0 aromatic heterocycles. The lowest BCUT2D eigenvalue weighted by Crippen LogP contribution is -2.65. The molecule has 4 atom stereocenters. The Morgan fingerprint density at radius 3 is 2.11 bits per heavy atom. The highest BCUT2D eigenvalue weighted by atomic mass is 16.5. The predicted molar refractivity (Wildman–Crippen MR) is 72.4 cm³/mol. The molecule has 0 aromatic rings. The maximum atomic E-state index is 11.0. The van der Waals surface area contributed by atoms with E-state index in [-0.39, 0.29) is 22.0 Å². The fourth-order valence-corrected chi connectivity index (χ4v) is 5.14. The molecule has 4 unspecified atom stereocenters. The molecule has 1 heterocycles. The van der Waals surface area contributed by atoms with Crippen molar-refractivity contribution in [3.8, 4) is 0 Å². The number of hydrogen-bond acceptors (Lipinski definition) is 2. The lowest BCUT2D eigenvalue weighted by Gasteiger charge is -2.59. The van der Waals surface area contributed by atoms with Gasteiger partial charge >= 0.3 is 0 Å². The molecule has 2 bridgehead atoms. The zero-order valence-corrected chi connectivity index (χ0v) is 12.6. The summed E-state index contributed by atoms with van der Waals surface area (Å²) in [6, 6.07) is 0. The van der Waals surface area contributed by atoms with Crippen molar-refractivity contribution >= 4 is 0 Å². The zero-order valence-electron chi connectivity index (χ0n) is 12.6. The molecular weight excluding hydrogens is 224 g/mol. The smallest absolute Gasteiger partial charge is 0.103 e. The van der Waals surface area contributed by atoms with Crippen molar-refractivity contribution in [3.63, 3.8) is 0 Å². The van der Waals surface area contributed by atoms with Crippen molar-refractivity contribution in [1.29, 1.82) is 0 Å². The van der Waals surface area contributed by atoms with Gasteiger partial charge in [0.25, 0.3) is 0 Å². The van der Waals surface area contributed by atoms with Crippen molar-refractivity contribution in [1.82, 2.24) is 0 Å². The van der Waals surface area contributed by atoms with Gasteiger partial charge in [0, 0.05) is 0 Å². The molecule has 2 saturated carbocycles. The summed E-state index contributed by atoms with van der Waals surface area (Å²) in [5.41, 5.74) is -0.744. The second-order valence-electron chi connectivity index (χ2n) is 8.36. The number of aliphatic hydroxyl groups is 1. The summed E-state index contributed by atoms with van der Waals surface area (Å²) < 4.78 is 6.64. The third-order valence-electron chi connectivity index (χ3n) is 6.99. The van der Waals surface area contributed by atoms with Gasteiger partial charge < -0.3 is 9.84 Å². The van der Waals surface area contributed by atoms with Gasteiger partial charge in [0.2, 0.25) is 0 Å². The standard InChI is InChI=1S/C16H28O2/c1-12(2)14(4)10-9-13(3)7-6-8-15(5,17)16(13,11-14)18-12/h17H,6-11H2,1-5H3. The molecule has 3 fully saturated rings. The number of rotatable bonds is 0. The summed E-state index contributed by atoms with van der Waals surface area (Å²) >= 11 is 0. The van der Waals surface area contributed by atoms with Gasteiger partial charge in [-0.1, -0.05) is 13.8 Å². The molecule has 2 heteroatoms. The summed E-state index contributed by atoms with van der Waals surface area (Å²) in [6.07, 6.45) is 6.67. The fraction of sp³-hybridized carbons (Fsp3) is 1.00. The largest absolute Gasteiger partial charge is 0.387 e. The predicted octanol–water partition coefficient (Wildman–Crippen LogP) is 3.67. The Morgan fingerprint density at radius 1 is 0.833 bits per heavy atom. The van der Waals surface area contributed by atoms with Crippen LogP contribution < -0.4 is 0 Å². The molecule has 2 aliphatic carbocycles. The summed E-state index contributed by atoms with van der Waals surface area (Å²) in [6.45, 7) is 11.2. The SMILES string of the molecule is CC1(O)CCCC2(C)CCC3(C)CC12OC3(C)C. The topological polar surface area (TPSA) is 29.5 Å². The van der Waals surface area contributed by atoms with Crippen LogP contribution in [0.15, 0.2) is 0 Å². The van der Waals surface area contributed by atoms with Crippen LogP contribution in [0.25, 0.3) is 0 Å². The molecule has 0 amide bonds. The van der Waals surface area contributed by atoms with Crippen molar-refractivity contribution in [2.24, 2.45) is 10.8 Å². The van der Waals surface area contributed by atoms with E-state index in [9.17, 15) is 5.11 Å². The average Bonchev–Trinajstić information content (AvgIpc) is 2.40. The average molecular weight is 252 g/mol. The monoisotopic (exact) mass is 252 g/mol. The third-order valence-corrected chi connectivity index (χ3v) is 6.99. The molecule has 104 valence electrons. The van der Waals surface area contributed by atoms with Crippen LogP contribution in [0, 0.1) is 10.8 Å². The third kappa shape index (κ3) is 1.22. The Labute approximate surface area is 111 Å². The van der Waals surface area contributed by atoms with Gasteiger partial charge in [-0.15, -0.1) is 0 Å². The lowest BCUT2D eigenvalue weighted by molar-refractivity contribution is -0.259. The Balaban J connectivity index is 2.15. The van der Waals surface area contributed by atoms with Gasteiger partial charge in [-0.2, -0.15) is 0 Å². The number of hydrogen-bond donors (Lipinski definition) is 1. The Hall–Kier alpha value is -0.0800. The van der Waals surface area contributed by atoms with E-state index < -0.39 is 5.60 Å². The van der Waals surface area contributed by atoms with Crippen LogP contribution in [0.2, 0.25) is 0 Å². The van der Waals surface area contributed by atoms with Gasteiger partial charge in [-0.3, -0.25) is 0 Å². The second kappa shape index (κ2) is 3.15. The second-order valence-corrected chi connectivity index (χ2v) is 8.36. The molecule has 1 aliphatic heterocycles. The number of ether oxygens (including phenoxy) is 1. The first-order valence-electron chi connectivity index (χ1n) is 7.50. The quantitative estimate of drug-likeness (QED) is 0.713. The van der Waals surface area contributed by atoms with E-state index in [0.29, 0.717) is 0 Å². The molecule has 18 heavy (non-hydrogen) atoms. The maximum Gasteiger partial charge on any atom is 0.103 e. The minimum atomic E-state index is -0.671. The fourth-order valence-electron chi connectivity index (χ4n) is 5.14. The van der Waals surface area contributed by atoms with E-state index in [4.69, 9.17) is 4.74 Å². The van der Waals surface area contributed by atoms with Gasteiger partial charge in [0.15, 0.2) is 0 Å². The number of fused-ring (bicyclic) bond motifs is 1. The van der Waals surface area contributed by atoms with Crippen LogP contribution >= 0.6 is 0 Å². The Kier molecular flexibility index (Phi) is 2.26. The first-order valence-corrected chi connectivity index (χ1v) is 7.50. The highest BCUT2D eigenvalue weighted by Crippen LogP contribution is 2.70. The summed E-state index contributed by atoms with van der Waals surface area (Å²) in [5.74, 6) is 0. The molecular formula is C16H28O2. The van der Waals surface area contributed by atoms with E-state index >= 15 is 0 Å². The van der Waals surface area contributed by atoms with E-state index in [0.717, 1.165) is 19.3 Å². The maximum absolute atomic E-state index is 11.0. The van der Waals surface area contributed by atoms with Gasteiger partial charge in [-0.05, 0) is 70.1 Å². The van der Waals surface area contributed by atoms with Crippen molar-refractivity contribution in [3.05, 3.63) is 0 Å². The Bertz CT molecular complexity index is 383. The van der Waals surface area contributed by atoms with Gasteiger partial charge in [-0.25, -0.2) is 0 Å². The van der Waals surface area contributed by atoms with Crippen LogP contribution in [-0.4, -0.2) is 21.9 Å². The zero-order chi connectivity index (χ0) is 13.4. The van der Waals surface area contributed by atoms with Crippen LogP contribution in [0.5, 0.6) is 0 Å². The summed E-state index contributed by atoms with van der Waals surface area (Å²) in [7, 11) is 0. The summed E-state index contributed by atoms with van der Waals surface area (Å²) in [4.78, 5) is 0. The minimum absolute atomic E-state index is 0.119. The molecule has 1 saturated heterocycles. The van der Waals surface area contributed by atoms with Crippen LogP contribution in [0.3, 0.4) is 0 Å². The molecule has 3 rings (SSSR count). The van der Waals surface area contributed by atoms with Crippen molar-refractivity contribution in [2.45, 2.75) is 89.9 Å². The van der Waals surface area contributed by atoms with Gasteiger partial charge in [0.1, 0.15) is 5.60 Å². The van der Waals surface area contributed by atoms with Crippen LogP contribution in [0.1, 0.15) is 73.1 Å². The molecule has 0 radical (unpaired) electrons. The summed E-state index contributed by atoms with van der Waals surface area (Å²) in [5, 5.41) is 11.0. The molecule has 1 spiro atoms. The van der Waals surface area contributed by atoms with Crippen molar-refractivity contribution < 1.29 is 9.84 Å². The highest BCUT2D eigenvalue weighted by Gasteiger charge is 2.73. The van der Waals surface area contributed by atoms with E-state index in [1.165, 1.54) is 19.3 Å². The highest BCUT2D eigenvalue weighted by molar-refractivity contribution is 5.23. The first kappa shape index (κ1) is 12.9. The van der Waals surface area contributed by atoms with E-state index in [2.05, 4.69) is 27.7 Å². The van der Waals surface area contributed by atoms with E-state index in [1.54, 1.807) is 0 Å². The van der Waals surface area contributed by atoms with Gasteiger partial charge in [0.05, 0.1) is 11.2 Å². The Morgan fingerprint density at radius 2 is 1.44 bits per heavy atom.